The van der Waals surface area contributed by atoms with Crippen LogP contribution in [0.5, 0.6) is 0 Å². The number of hydrogen-bond donors (Lipinski definition) is 1. The second-order valence-corrected chi connectivity index (χ2v) is 6.78. The van der Waals surface area contributed by atoms with Crippen molar-refractivity contribution in [3.8, 4) is 0 Å². The summed E-state index contributed by atoms with van der Waals surface area (Å²) in [5.74, 6) is -0.119. The Balaban J connectivity index is 0.00000280. The average Bonchev–Trinajstić information content (AvgIpc) is 2.62. The number of nitrogens with one attached hydrogen (secondary N) is 1. The van der Waals surface area contributed by atoms with Gasteiger partial charge in [-0.2, -0.15) is 4.57 Å². The van der Waals surface area contributed by atoms with Crippen LogP contribution in [-0.4, -0.2) is 11.7 Å². The molecule has 144 valence electrons. The number of benzene rings is 2. The summed E-state index contributed by atoms with van der Waals surface area (Å²) >= 11 is 0. The monoisotopic (exact) mass is 439 g/mol. The van der Waals surface area contributed by atoms with Gasteiger partial charge in [0.2, 0.25) is 12.3 Å². The van der Waals surface area contributed by atoms with E-state index in [2.05, 4.69) is 5.32 Å². The van der Waals surface area contributed by atoms with E-state index >= 15 is 0 Å². The minimum atomic E-state index is -0.176. The number of rotatable bonds is 5. The van der Waals surface area contributed by atoms with Crippen molar-refractivity contribution in [2.45, 2.75) is 27.3 Å². The second kappa shape index (κ2) is 9.42. The number of halogens is 1. The van der Waals surface area contributed by atoms with Crippen LogP contribution in [0.1, 0.15) is 37.4 Å². The van der Waals surface area contributed by atoms with Crippen LogP contribution in [0, 0.1) is 20.8 Å². The molecule has 0 unspecified atom stereocenters. The fraction of sp³-hybridized carbons (Fsp3) is 0.174. The molecule has 3 aromatic rings. The number of Topliss-reactive ketones (excluding diaryl/α,β-unsaturated/α-hetero) is 1. The third-order valence-electron chi connectivity index (χ3n) is 4.43. The maximum absolute atomic E-state index is 12.8. The minimum absolute atomic E-state index is 0. The summed E-state index contributed by atoms with van der Waals surface area (Å²) in [6.45, 7) is 6.19. The van der Waals surface area contributed by atoms with E-state index in [0.29, 0.717) is 11.3 Å². The summed E-state index contributed by atoms with van der Waals surface area (Å²) in [5.41, 5.74) is 5.15. The lowest BCUT2D eigenvalue weighted by molar-refractivity contribution is -0.682. The number of aryl methyl sites for hydroxylation is 3. The van der Waals surface area contributed by atoms with Gasteiger partial charge in [-0.05, 0) is 50.1 Å². The lowest BCUT2D eigenvalue weighted by Crippen LogP contribution is -2.38. The van der Waals surface area contributed by atoms with E-state index < -0.39 is 0 Å². The van der Waals surface area contributed by atoms with Gasteiger partial charge in [0, 0.05) is 17.2 Å². The molecule has 0 aliphatic rings. The van der Waals surface area contributed by atoms with Gasteiger partial charge >= 0.3 is 0 Å². The van der Waals surface area contributed by atoms with Gasteiger partial charge in [0.15, 0.2) is 12.4 Å². The topological polar surface area (TPSA) is 50.0 Å². The molecule has 0 saturated carbocycles. The molecule has 1 aromatic heterocycles. The third kappa shape index (κ3) is 5.14. The molecule has 5 heteroatoms. The first-order valence-electron chi connectivity index (χ1n) is 8.90. The quantitative estimate of drug-likeness (QED) is 0.465. The van der Waals surface area contributed by atoms with Gasteiger partial charge in [-0.3, -0.25) is 9.59 Å². The van der Waals surface area contributed by atoms with Gasteiger partial charge in [-0.1, -0.05) is 35.9 Å². The van der Waals surface area contributed by atoms with E-state index in [1.165, 1.54) is 0 Å². The first-order chi connectivity index (χ1) is 12.9. The molecule has 1 heterocycles. The van der Waals surface area contributed by atoms with Crippen LogP contribution in [0.3, 0.4) is 0 Å². The molecular formula is C23H24BrN2O2+. The van der Waals surface area contributed by atoms with Crippen molar-refractivity contribution in [3.05, 3.63) is 94.8 Å². The first-order valence-corrected chi connectivity index (χ1v) is 8.90. The van der Waals surface area contributed by atoms with Crippen LogP contribution >= 0.6 is 17.0 Å². The third-order valence-corrected chi connectivity index (χ3v) is 4.43. The predicted molar refractivity (Wildman–Crippen MR) is 116 cm³/mol. The highest BCUT2D eigenvalue weighted by Crippen LogP contribution is 2.17. The fourth-order valence-corrected chi connectivity index (χ4v) is 3.35. The largest absolute Gasteiger partial charge is 0.317 e. The van der Waals surface area contributed by atoms with Crippen molar-refractivity contribution in [3.63, 3.8) is 0 Å². The molecule has 4 nitrogen and oxygen atoms in total. The summed E-state index contributed by atoms with van der Waals surface area (Å²) in [7, 11) is 0. The van der Waals surface area contributed by atoms with Crippen molar-refractivity contribution in [1.82, 2.24) is 0 Å². The zero-order valence-electron chi connectivity index (χ0n) is 16.2. The minimum Gasteiger partial charge on any atom is -0.317 e. The highest BCUT2D eigenvalue weighted by atomic mass is 79.9. The molecule has 1 amide bonds. The Labute approximate surface area is 176 Å². The van der Waals surface area contributed by atoms with Crippen LogP contribution in [-0.2, 0) is 6.54 Å². The number of ketones is 1. The Morgan fingerprint density at radius 3 is 2.21 bits per heavy atom. The van der Waals surface area contributed by atoms with Crippen molar-refractivity contribution in [1.29, 1.82) is 0 Å². The lowest BCUT2D eigenvalue weighted by atomic mass is 9.96. The molecule has 0 saturated heterocycles. The van der Waals surface area contributed by atoms with E-state index in [-0.39, 0.29) is 35.2 Å². The average molecular weight is 440 g/mol. The van der Waals surface area contributed by atoms with Crippen LogP contribution in [0.4, 0.5) is 5.69 Å². The summed E-state index contributed by atoms with van der Waals surface area (Å²) in [6, 6.07) is 16.7. The summed E-state index contributed by atoms with van der Waals surface area (Å²) in [5, 5.41) is 2.87. The molecular weight excluding hydrogens is 416 g/mol. The number of nitrogens with zero attached hydrogens (tertiary/aromatic N) is 1. The maximum atomic E-state index is 12.8. The molecule has 0 atom stereocenters. The number of carbonyl (C=O) groups is 2. The van der Waals surface area contributed by atoms with Gasteiger partial charge in [-0.15, -0.1) is 17.0 Å². The maximum Gasteiger partial charge on any atom is 0.255 e. The van der Waals surface area contributed by atoms with Crippen LogP contribution in [0.25, 0.3) is 0 Å². The van der Waals surface area contributed by atoms with Gasteiger partial charge < -0.3 is 5.32 Å². The fourth-order valence-electron chi connectivity index (χ4n) is 3.35. The van der Waals surface area contributed by atoms with Gasteiger partial charge in [0.25, 0.3) is 5.91 Å². The second-order valence-electron chi connectivity index (χ2n) is 6.78. The van der Waals surface area contributed by atoms with E-state index in [4.69, 9.17) is 0 Å². The Hall–Kier alpha value is -2.79. The van der Waals surface area contributed by atoms with E-state index in [9.17, 15) is 9.59 Å². The highest BCUT2D eigenvalue weighted by molar-refractivity contribution is 8.93. The molecule has 2 aromatic carbocycles. The summed E-state index contributed by atoms with van der Waals surface area (Å²) < 4.78 is 1.79. The molecule has 0 fully saturated rings. The van der Waals surface area contributed by atoms with Crippen molar-refractivity contribution >= 4 is 34.4 Å². The smallest absolute Gasteiger partial charge is 0.255 e. The summed E-state index contributed by atoms with van der Waals surface area (Å²) in [4.78, 5) is 25.1. The number of pyridine rings is 1. The summed E-state index contributed by atoms with van der Waals surface area (Å²) in [6.07, 6.45) is 3.60. The van der Waals surface area contributed by atoms with Crippen molar-refractivity contribution in [2.24, 2.45) is 0 Å². The van der Waals surface area contributed by atoms with Gasteiger partial charge in [0.1, 0.15) is 5.69 Å². The van der Waals surface area contributed by atoms with Crippen molar-refractivity contribution in [2.75, 3.05) is 5.32 Å². The molecule has 0 spiro atoms. The Bertz CT molecular complexity index is 977. The van der Waals surface area contributed by atoms with Gasteiger partial charge in [0.05, 0.1) is 0 Å². The molecule has 0 bridgehead atoms. The van der Waals surface area contributed by atoms with E-state index in [1.54, 1.807) is 22.9 Å². The number of hydrogen-bond acceptors (Lipinski definition) is 2. The van der Waals surface area contributed by atoms with Crippen molar-refractivity contribution < 1.29 is 14.2 Å². The molecule has 1 N–H and O–H groups in total. The molecule has 0 aliphatic carbocycles. The Morgan fingerprint density at radius 2 is 1.57 bits per heavy atom. The Morgan fingerprint density at radius 1 is 0.929 bits per heavy atom. The molecule has 28 heavy (non-hydrogen) atoms. The number of aromatic nitrogens is 1. The number of carbonyl (C=O) groups excluding carboxylic acids is 2. The number of amides is 1. The van der Waals surface area contributed by atoms with E-state index in [0.717, 1.165) is 22.3 Å². The Kier molecular flexibility index (Phi) is 7.24. The van der Waals surface area contributed by atoms with Crippen LogP contribution in [0.2, 0.25) is 0 Å². The molecule has 3 rings (SSSR count). The first kappa shape index (κ1) is 21.5. The SMILES string of the molecule is Br.Cc1cc(C)c(C(=O)C[n+]2cccc(NC(=O)c3ccccc3)c2)c(C)c1. The normalized spacial score (nSPS) is 10.1. The zero-order chi connectivity index (χ0) is 19.4. The van der Waals surface area contributed by atoms with Crippen LogP contribution in [0.15, 0.2) is 67.0 Å². The zero-order valence-corrected chi connectivity index (χ0v) is 17.9. The van der Waals surface area contributed by atoms with E-state index in [1.807, 2.05) is 69.4 Å². The predicted octanol–water partition coefficient (Wildman–Crippen LogP) is 4.61. The van der Waals surface area contributed by atoms with Gasteiger partial charge in [-0.25, -0.2) is 0 Å². The molecule has 0 aliphatic heterocycles. The standard InChI is InChI=1S/C23H22N2O2.BrH/c1-16-12-17(2)22(18(3)13-16)21(26)15-25-11-7-10-20(14-25)24-23(27)19-8-5-4-6-9-19;/h4-14H,15H2,1-3H3;1H/p+1. The highest BCUT2D eigenvalue weighted by Gasteiger charge is 2.18. The number of anilines is 1. The molecule has 0 radical (unpaired) electrons. The lowest BCUT2D eigenvalue weighted by Gasteiger charge is -2.09. The van der Waals surface area contributed by atoms with Crippen LogP contribution < -0.4 is 9.88 Å².